The van der Waals surface area contributed by atoms with Crippen molar-refractivity contribution >= 4 is 18.9 Å². The molecule has 3 aromatic rings. The second-order valence-electron chi connectivity index (χ2n) is 4.59. The van der Waals surface area contributed by atoms with E-state index in [2.05, 4.69) is 36.7 Å². The molecule has 0 amide bonds. The normalized spacial score (nSPS) is 12.2. The number of imidazole rings is 2. The lowest BCUT2D eigenvalue weighted by Gasteiger charge is -2.03. The molecule has 0 unspecified atom stereocenters. The highest BCUT2D eigenvalue weighted by Gasteiger charge is 2.36. The Hall–Kier alpha value is -3.24. The van der Waals surface area contributed by atoms with Gasteiger partial charge in [-0.3, -0.25) is 9.67 Å². The minimum Gasteiger partial charge on any atom is -0.343 e. The zero-order chi connectivity index (χ0) is 17.3. The van der Waals surface area contributed by atoms with Gasteiger partial charge in [0.1, 0.15) is 11.4 Å². The van der Waals surface area contributed by atoms with Gasteiger partial charge in [-0.05, 0) is 13.6 Å². The number of aromatic amines is 2. The van der Waals surface area contributed by atoms with E-state index in [4.69, 9.17) is 0 Å². The summed E-state index contributed by atoms with van der Waals surface area (Å²) in [7, 11) is 0. The summed E-state index contributed by atoms with van der Waals surface area (Å²) < 4.78 is 39.8. The van der Waals surface area contributed by atoms with Gasteiger partial charge in [0.2, 0.25) is 17.6 Å². The first-order chi connectivity index (χ1) is 11.5. The second-order valence-corrected chi connectivity index (χ2v) is 4.59. The molecule has 0 aliphatic carbocycles. The lowest BCUT2D eigenvalue weighted by Crippen LogP contribution is -2.07. The molecule has 3 rings (SSSR count). The summed E-state index contributed by atoms with van der Waals surface area (Å²) in [5, 5.41) is 5.49. The number of hydrogen-bond acceptors (Lipinski definition) is 5. The van der Waals surface area contributed by atoms with Crippen LogP contribution in [-0.2, 0) is 6.18 Å². The van der Waals surface area contributed by atoms with Crippen molar-refractivity contribution in [2.24, 2.45) is 4.99 Å². The maximum Gasteiger partial charge on any atom is 0.451 e. The van der Waals surface area contributed by atoms with Gasteiger partial charge in [-0.15, -0.1) is 0 Å². The maximum atomic E-state index is 12.7. The molecule has 8 nitrogen and oxygen atoms in total. The van der Waals surface area contributed by atoms with Gasteiger partial charge in [-0.25, -0.2) is 19.9 Å². The van der Waals surface area contributed by atoms with Gasteiger partial charge in [0.15, 0.2) is 0 Å². The fraction of sp³-hybridized carbons (Fsp3) is 0.154. The van der Waals surface area contributed by atoms with Gasteiger partial charge in [-0.2, -0.15) is 18.3 Å². The van der Waals surface area contributed by atoms with Crippen LogP contribution in [0, 0.1) is 0 Å². The van der Waals surface area contributed by atoms with Crippen LogP contribution < -0.4 is 0 Å². The van der Waals surface area contributed by atoms with Crippen LogP contribution in [0.1, 0.15) is 12.7 Å². The number of nitrogens with zero attached hydrogens (tertiary/aromatic N) is 6. The standard InChI is InChI=1S/C13H11F3N8/c1-3-4-24-9(7-5-18-6-19-7)8(20-12(24)17-2)10-21-11(23-22-10)13(14,15)16/h3-6H,2H2,1H3,(H,18,19)(H,21,22,23)/b4-3-. The summed E-state index contributed by atoms with van der Waals surface area (Å²) >= 11 is 0. The minimum atomic E-state index is -4.63. The summed E-state index contributed by atoms with van der Waals surface area (Å²) in [5.74, 6) is -1.23. The summed E-state index contributed by atoms with van der Waals surface area (Å²) in [5.41, 5.74) is 1.05. The number of halogens is 3. The van der Waals surface area contributed by atoms with E-state index in [0.29, 0.717) is 11.4 Å². The molecule has 0 aliphatic heterocycles. The molecule has 0 radical (unpaired) electrons. The van der Waals surface area contributed by atoms with Crippen LogP contribution in [0.4, 0.5) is 19.1 Å². The molecule has 0 bridgehead atoms. The van der Waals surface area contributed by atoms with Crippen molar-refractivity contribution in [1.82, 2.24) is 34.7 Å². The zero-order valence-corrected chi connectivity index (χ0v) is 12.3. The van der Waals surface area contributed by atoms with Crippen molar-refractivity contribution in [3.05, 3.63) is 24.4 Å². The quantitative estimate of drug-likeness (QED) is 0.715. The number of hydrogen-bond donors (Lipinski definition) is 2. The first-order valence-electron chi connectivity index (χ1n) is 6.66. The number of aromatic nitrogens is 7. The van der Waals surface area contributed by atoms with E-state index >= 15 is 0 Å². The molecule has 3 aromatic heterocycles. The zero-order valence-electron chi connectivity index (χ0n) is 12.3. The third-order valence-corrected chi connectivity index (χ3v) is 3.05. The topological polar surface area (TPSA) is 100 Å². The SMILES string of the molecule is C=Nc1nc(-c2n[nH]c(C(F)(F)F)n2)c(-c2cnc[nH]2)n1/C=C\C. The van der Waals surface area contributed by atoms with E-state index in [1.54, 1.807) is 23.8 Å². The molecule has 0 saturated heterocycles. The van der Waals surface area contributed by atoms with E-state index in [1.807, 2.05) is 5.10 Å². The van der Waals surface area contributed by atoms with Gasteiger partial charge in [-0.1, -0.05) is 6.08 Å². The lowest BCUT2D eigenvalue weighted by atomic mass is 10.2. The van der Waals surface area contributed by atoms with Crippen LogP contribution in [0.2, 0.25) is 0 Å². The van der Waals surface area contributed by atoms with Crippen LogP contribution in [0.3, 0.4) is 0 Å². The van der Waals surface area contributed by atoms with Crippen LogP contribution in [-0.4, -0.2) is 41.4 Å². The number of allylic oxidation sites excluding steroid dienone is 1. The Morgan fingerprint density at radius 2 is 2.12 bits per heavy atom. The van der Waals surface area contributed by atoms with Gasteiger partial charge < -0.3 is 4.98 Å². The fourth-order valence-electron chi connectivity index (χ4n) is 2.12. The highest BCUT2D eigenvalue weighted by molar-refractivity contribution is 5.77. The van der Waals surface area contributed by atoms with E-state index in [9.17, 15) is 13.2 Å². The molecule has 0 atom stereocenters. The Labute approximate surface area is 133 Å². The Balaban J connectivity index is 2.24. The van der Waals surface area contributed by atoms with Crippen molar-refractivity contribution in [2.45, 2.75) is 13.1 Å². The van der Waals surface area contributed by atoms with Gasteiger partial charge >= 0.3 is 6.18 Å². The van der Waals surface area contributed by atoms with Crippen LogP contribution >= 0.6 is 0 Å². The highest BCUT2D eigenvalue weighted by Crippen LogP contribution is 2.34. The predicted molar refractivity (Wildman–Crippen MR) is 80.4 cm³/mol. The highest BCUT2D eigenvalue weighted by atomic mass is 19.4. The first-order valence-corrected chi connectivity index (χ1v) is 6.66. The van der Waals surface area contributed by atoms with Crippen molar-refractivity contribution in [2.75, 3.05) is 0 Å². The van der Waals surface area contributed by atoms with Crippen molar-refractivity contribution in [3.63, 3.8) is 0 Å². The van der Waals surface area contributed by atoms with Crippen molar-refractivity contribution in [1.29, 1.82) is 0 Å². The smallest absolute Gasteiger partial charge is 0.343 e. The number of alkyl halides is 3. The monoisotopic (exact) mass is 336 g/mol. The van der Waals surface area contributed by atoms with Crippen molar-refractivity contribution in [3.8, 4) is 22.9 Å². The number of nitrogens with one attached hydrogen (secondary N) is 2. The van der Waals surface area contributed by atoms with E-state index in [-0.39, 0.29) is 17.5 Å². The molecule has 0 saturated carbocycles. The predicted octanol–water partition coefficient (Wildman–Crippen LogP) is 2.90. The minimum absolute atomic E-state index is 0.117. The largest absolute Gasteiger partial charge is 0.451 e. The second kappa shape index (κ2) is 5.76. The molecule has 3 heterocycles. The molecular formula is C13H11F3N8. The Kier molecular flexibility index (Phi) is 3.75. The summed E-state index contributed by atoms with van der Waals surface area (Å²) in [4.78, 5) is 18.3. The number of H-pyrrole nitrogens is 2. The number of aliphatic imine (C=N–C) groups is 1. The lowest BCUT2D eigenvalue weighted by molar-refractivity contribution is -0.144. The van der Waals surface area contributed by atoms with Gasteiger partial charge in [0, 0.05) is 6.20 Å². The molecule has 0 spiro atoms. The van der Waals surface area contributed by atoms with Gasteiger partial charge in [0.25, 0.3) is 0 Å². The number of rotatable bonds is 4. The van der Waals surface area contributed by atoms with E-state index < -0.39 is 12.0 Å². The summed E-state index contributed by atoms with van der Waals surface area (Å²) in [6.07, 6.45) is 1.68. The van der Waals surface area contributed by atoms with E-state index in [1.165, 1.54) is 12.5 Å². The molecule has 0 aliphatic rings. The average molecular weight is 336 g/mol. The fourth-order valence-corrected chi connectivity index (χ4v) is 2.12. The Morgan fingerprint density at radius 3 is 2.67 bits per heavy atom. The average Bonchev–Trinajstić information content (AvgIpc) is 3.25. The van der Waals surface area contributed by atoms with Crippen LogP contribution in [0.5, 0.6) is 0 Å². The van der Waals surface area contributed by atoms with Gasteiger partial charge in [0.05, 0.1) is 18.2 Å². The van der Waals surface area contributed by atoms with E-state index in [0.717, 1.165) is 0 Å². The molecule has 2 N–H and O–H groups in total. The Bertz CT molecular complexity index is 885. The third kappa shape index (κ3) is 2.59. The molecule has 0 aromatic carbocycles. The maximum absolute atomic E-state index is 12.7. The summed E-state index contributed by atoms with van der Waals surface area (Å²) in [6.45, 7) is 5.20. The van der Waals surface area contributed by atoms with Crippen LogP contribution in [0.15, 0.2) is 23.6 Å². The summed E-state index contributed by atoms with van der Waals surface area (Å²) in [6, 6.07) is 0. The first kappa shape index (κ1) is 15.6. The molecule has 24 heavy (non-hydrogen) atoms. The van der Waals surface area contributed by atoms with Crippen molar-refractivity contribution < 1.29 is 13.2 Å². The molecule has 124 valence electrons. The molecular weight excluding hydrogens is 325 g/mol. The van der Waals surface area contributed by atoms with Crippen LogP contribution in [0.25, 0.3) is 29.1 Å². The third-order valence-electron chi connectivity index (χ3n) is 3.05. The Morgan fingerprint density at radius 1 is 1.33 bits per heavy atom. The molecule has 11 heteroatoms. The molecule has 0 fully saturated rings.